The Balaban J connectivity index is 2.23. The van der Waals surface area contributed by atoms with E-state index in [2.05, 4.69) is 0 Å². The van der Waals surface area contributed by atoms with E-state index in [1.54, 1.807) is 19.1 Å². The first-order chi connectivity index (χ1) is 7.74. The van der Waals surface area contributed by atoms with Gasteiger partial charge in [-0.15, -0.1) is 0 Å². The summed E-state index contributed by atoms with van der Waals surface area (Å²) in [4.78, 5) is 25.0. The maximum atomic E-state index is 12.0. The third-order valence-electron chi connectivity index (χ3n) is 2.79. The van der Waals surface area contributed by atoms with Crippen LogP contribution >= 0.6 is 0 Å². The van der Waals surface area contributed by atoms with Gasteiger partial charge in [0, 0.05) is 6.54 Å². The number of nitrogens with zero attached hydrogens (tertiary/aromatic N) is 1. The van der Waals surface area contributed by atoms with Gasteiger partial charge in [0.2, 0.25) is 6.79 Å². The average Bonchev–Trinajstić information content (AvgIpc) is 2.83. The van der Waals surface area contributed by atoms with Gasteiger partial charge in [0.25, 0.3) is 11.8 Å². The van der Waals surface area contributed by atoms with Crippen molar-refractivity contribution >= 4 is 11.8 Å². The quantitative estimate of drug-likeness (QED) is 0.662. The van der Waals surface area contributed by atoms with E-state index in [4.69, 9.17) is 9.47 Å². The van der Waals surface area contributed by atoms with E-state index in [1.807, 2.05) is 0 Å². The molecule has 5 nitrogen and oxygen atoms in total. The summed E-state index contributed by atoms with van der Waals surface area (Å²) in [6, 6.07) is 3.27. The third-order valence-corrected chi connectivity index (χ3v) is 2.79. The number of amides is 2. The van der Waals surface area contributed by atoms with Gasteiger partial charge in [-0.25, -0.2) is 0 Å². The summed E-state index contributed by atoms with van der Waals surface area (Å²) < 4.78 is 10.4. The smallest absolute Gasteiger partial charge is 0.265 e. The topological polar surface area (TPSA) is 55.8 Å². The average molecular weight is 219 g/mol. The lowest BCUT2D eigenvalue weighted by atomic mass is 10.1. The number of imide groups is 1. The van der Waals surface area contributed by atoms with Gasteiger partial charge in [-0.05, 0) is 19.1 Å². The molecule has 0 atom stereocenters. The Morgan fingerprint density at radius 2 is 2.06 bits per heavy atom. The summed E-state index contributed by atoms with van der Waals surface area (Å²) in [5, 5.41) is 0. The van der Waals surface area contributed by atoms with Crippen LogP contribution in [0, 0.1) is 0 Å². The summed E-state index contributed by atoms with van der Waals surface area (Å²) in [5.41, 5.74) is 0.734. The Kier molecular flexibility index (Phi) is 1.71. The normalized spacial score (nSPS) is 16.9. The van der Waals surface area contributed by atoms with Crippen LogP contribution in [-0.4, -0.2) is 30.1 Å². The maximum Gasteiger partial charge on any atom is 0.265 e. The van der Waals surface area contributed by atoms with Gasteiger partial charge in [0.05, 0.1) is 11.1 Å². The molecule has 1 aromatic carbocycles. The van der Waals surface area contributed by atoms with Gasteiger partial charge < -0.3 is 9.47 Å². The number of benzene rings is 1. The minimum Gasteiger partial charge on any atom is -0.454 e. The van der Waals surface area contributed by atoms with Crippen molar-refractivity contribution in [2.75, 3.05) is 13.3 Å². The zero-order chi connectivity index (χ0) is 11.3. The second kappa shape index (κ2) is 2.98. The van der Waals surface area contributed by atoms with Crippen LogP contribution in [0.1, 0.15) is 27.6 Å². The summed E-state index contributed by atoms with van der Waals surface area (Å²) in [6.07, 6.45) is 0. The molecule has 0 saturated heterocycles. The summed E-state index contributed by atoms with van der Waals surface area (Å²) in [7, 11) is 0. The Labute approximate surface area is 91.6 Å². The van der Waals surface area contributed by atoms with Crippen LogP contribution in [0.2, 0.25) is 0 Å². The van der Waals surface area contributed by atoms with E-state index in [0.29, 0.717) is 29.2 Å². The summed E-state index contributed by atoms with van der Waals surface area (Å²) in [6.45, 7) is 2.22. The summed E-state index contributed by atoms with van der Waals surface area (Å²) >= 11 is 0. The SMILES string of the molecule is CCN1C(=O)c2ccc3c(c2C1=O)OCO3. The van der Waals surface area contributed by atoms with Crippen LogP contribution in [0.5, 0.6) is 11.5 Å². The standard InChI is InChI=1S/C11H9NO4/c1-2-12-10(13)6-3-4-7-9(16-5-15-7)8(6)11(12)14/h3-4H,2,5H2,1H3. The molecule has 1 aromatic rings. The molecule has 0 fully saturated rings. The Morgan fingerprint density at radius 3 is 2.81 bits per heavy atom. The fourth-order valence-electron chi connectivity index (χ4n) is 2.02. The fourth-order valence-corrected chi connectivity index (χ4v) is 2.02. The Morgan fingerprint density at radius 1 is 1.25 bits per heavy atom. The van der Waals surface area contributed by atoms with Gasteiger partial charge >= 0.3 is 0 Å². The molecule has 82 valence electrons. The molecule has 0 bridgehead atoms. The molecule has 5 heteroatoms. The predicted octanol–water partition coefficient (Wildman–Crippen LogP) is 1.03. The number of fused-ring (bicyclic) bond motifs is 3. The highest BCUT2D eigenvalue weighted by Crippen LogP contribution is 2.41. The van der Waals surface area contributed by atoms with Crippen molar-refractivity contribution in [3.63, 3.8) is 0 Å². The number of hydrogen-bond acceptors (Lipinski definition) is 4. The number of carbonyl (C=O) groups excluding carboxylic acids is 2. The lowest BCUT2D eigenvalue weighted by Gasteiger charge is -2.08. The lowest BCUT2D eigenvalue weighted by molar-refractivity contribution is 0.0661. The maximum absolute atomic E-state index is 12.0. The first kappa shape index (κ1) is 9.21. The van der Waals surface area contributed by atoms with Crippen molar-refractivity contribution in [2.24, 2.45) is 0 Å². The highest BCUT2D eigenvalue weighted by atomic mass is 16.7. The van der Waals surface area contributed by atoms with Gasteiger partial charge in [-0.1, -0.05) is 0 Å². The third kappa shape index (κ3) is 0.946. The Bertz CT molecular complexity index is 509. The molecule has 0 N–H and O–H groups in total. The van der Waals surface area contributed by atoms with Crippen molar-refractivity contribution in [1.82, 2.24) is 4.90 Å². The van der Waals surface area contributed by atoms with Gasteiger partial charge in [-0.3, -0.25) is 14.5 Å². The van der Waals surface area contributed by atoms with Crippen molar-refractivity contribution < 1.29 is 19.1 Å². The van der Waals surface area contributed by atoms with Crippen LogP contribution in [0.15, 0.2) is 12.1 Å². The molecular formula is C11H9NO4. The minimum atomic E-state index is -0.301. The van der Waals surface area contributed by atoms with Crippen LogP contribution in [0.4, 0.5) is 0 Å². The van der Waals surface area contributed by atoms with Crippen molar-refractivity contribution in [1.29, 1.82) is 0 Å². The molecule has 2 aliphatic rings. The first-order valence-corrected chi connectivity index (χ1v) is 5.03. The molecule has 0 aromatic heterocycles. The van der Waals surface area contributed by atoms with Crippen LogP contribution < -0.4 is 9.47 Å². The molecular weight excluding hydrogens is 210 g/mol. The van der Waals surface area contributed by atoms with Crippen molar-refractivity contribution in [3.05, 3.63) is 23.3 Å². The lowest BCUT2D eigenvalue weighted by Crippen LogP contribution is -2.29. The molecule has 0 unspecified atom stereocenters. The van der Waals surface area contributed by atoms with E-state index in [-0.39, 0.29) is 18.6 Å². The predicted molar refractivity (Wildman–Crippen MR) is 53.6 cm³/mol. The molecule has 2 heterocycles. The van der Waals surface area contributed by atoms with Crippen LogP contribution in [0.3, 0.4) is 0 Å². The monoisotopic (exact) mass is 219 g/mol. The number of ether oxygens (including phenoxy) is 2. The zero-order valence-corrected chi connectivity index (χ0v) is 8.65. The minimum absolute atomic E-state index is 0.0966. The molecule has 3 rings (SSSR count). The second-order valence-electron chi connectivity index (χ2n) is 3.58. The molecule has 0 radical (unpaired) electrons. The van der Waals surface area contributed by atoms with E-state index < -0.39 is 0 Å². The van der Waals surface area contributed by atoms with Crippen molar-refractivity contribution in [2.45, 2.75) is 6.92 Å². The van der Waals surface area contributed by atoms with Crippen LogP contribution in [0.25, 0.3) is 0 Å². The molecule has 0 aliphatic carbocycles. The van der Waals surface area contributed by atoms with Crippen molar-refractivity contribution in [3.8, 4) is 11.5 Å². The first-order valence-electron chi connectivity index (χ1n) is 5.03. The molecule has 2 amide bonds. The highest BCUT2D eigenvalue weighted by Gasteiger charge is 2.39. The van der Waals surface area contributed by atoms with E-state index >= 15 is 0 Å². The van der Waals surface area contributed by atoms with Gasteiger partial charge in [-0.2, -0.15) is 0 Å². The molecule has 2 aliphatic heterocycles. The number of carbonyl (C=O) groups is 2. The zero-order valence-electron chi connectivity index (χ0n) is 8.65. The van der Waals surface area contributed by atoms with Crippen LogP contribution in [-0.2, 0) is 0 Å². The van der Waals surface area contributed by atoms with Gasteiger partial charge in [0.15, 0.2) is 11.5 Å². The van der Waals surface area contributed by atoms with E-state index in [1.165, 1.54) is 4.90 Å². The van der Waals surface area contributed by atoms with Gasteiger partial charge in [0.1, 0.15) is 0 Å². The molecule has 0 saturated carbocycles. The highest BCUT2D eigenvalue weighted by molar-refractivity contribution is 6.23. The fraction of sp³-hybridized carbons (Fsp3) is 0.273. The van der Waals surface area contributed by atoms with E-state index in [9.17, 15) is 9.59 Å². The molecule has 0 spiro atoms. The van der Waals surface area contributed by atoms with E-state index in [0.717, 1.165) is 0 Å². The number of rotatable bonds is 1. The Hall–Kier alpha value is -2.04. The largest absolute Gasteiger partial charge is 0.454 e. The summed E-state index contributed by atoms with van der Waals surface area (Å²) in [5.74, 6) is 0.357. The molecule has 16 heavy (non-hydrogen) atoms. The second-order valence-corrected chi connectivity index (χ2v) is 3.58. The number of hydrogen-bond donors (Lipinski definition) is 0.